The van der Waals surface area contributed by atoms with Gasteiger partial charge in [-0.2, -0.15) is 0 Å². The van der Waals surface area contributed by atoms with Crippen molar-refractivity contribution in [3.63, 3.8) is 0 Å². The van der Waals surface area contributed by atoms with Crippen LogP contribution in [0.3, 0.4) is 0 Å². The molecule has 0 spiro atoms. The maximum absolute atomic E-state index is 13.8. The molecule has 1 aliphatic rings. The van der Waals surface area contributed by atoms with Crippen LogP contribution in [0.25, 0.3) is 10.2 Å². The van der Waals surface area contributed by atoms with Gasteiger partial charge in [-0.3, -0.25) is 29.0 Å². The number of nitrogens with zero attached hydrogens (tertiary/aromatic N) is 3. The minimum Gasteiger partial charge on any atom is -0.469 e. The van der Waals surface area contributed by atoms with Gasteiger partial charge < -0.3 is 31.7 Å². The molecule has 13 nitrogen and oxygen atoms in total. The molecule has 3 rings (SSSR count). The molecule has 0 bridgehead atoms. The van der Waals surface area contributed by atoms with E-state index < -0.39 is 35.9 Å². The predicted molar refractivity (Wildman–Crippen MR) is 172 cm³/mol. The first-order valence-electron chi connectivity index (χ1n) is 15.5. The monoisotopic (exact) mass is 643 g/mol. The number of likely N-dealkylation sites (tertiary alicyclic amines) is 1. The molecule has 3 amide bonds. The maximum atomic E-state index is 13.8. The number of methoxy groups -OCH3 is 1. The van der Waals surface area contributed by atoms with Crippen molar-refractivity contribution in [3.05, 3.63) is 29.3 Å². The number of Topliss-reactive ketones (excluding diaryl/α,β-unsaturated/α-hetero) is 1. The Labute approximate surface area is 267 Å². The molecule has 1 saturated heterocycles. The van der Waals surface area contributed by atoms with E-state index in [0.717, 1.165) is 17.5 Å². The summed E-state index contributed by atoms with van der Waals surface area (Å²) in [7, 11) is 1.21. The number of aliphatic imine (C=N–C) groups is 1. The van der Waals surface area contributed by atoms with E-state index >= 15 is 0 Å². The van der Waals surface area contributed by atoms with Crippen LogP contribution in [0.15, 0.2) is 29.3 Å². The Hall–Kier alpha value is -4.07. The Morgan fingerprint density at radius 2 is 1.78 bits per heavy atom. The lowest BCUT2D eigenvalue weighted by Gasteiger charge is -2.30. The van der Waals surface area contributed by atoms with Gasteiger partial charge in [0.25, 0.3) is 0 Å². The van der Waals surface area contributed by atoms with Crippen molar-refractivity contribution in [2.45, 2.75) is 89.8 Å². The fraction of sp³-hybridized carbons (Fsp3) is 0.581. The third-order valence-corrected chi connectivity index (χ3v) is 8.83. The van der Waals surface area contributed by atoms with Crippen LogP contribution >= 0.6 is 11.3 Å². The number of benzene rings is 1. The number of rotatable bonds is 17. The van der Waals surface area contributed by atoms with Gasteiger partial charge in [-0.25, -0.2) is 4.98 Å². The molecule has 246 valence electrons. The number of nitrogens with one attached hydrogen (secondary N) is 2. The first kappa shape index (κ1) is 35.4. The third-order valence-electron chi connectivity index (χ3n) is 7.78. The van der Waals surface area contributed by atoms with Crippen LogP contribution in [0, 0.1) is 5.92 Å². The summed E-state index contributed by atoms with van der Waals surface area (Å²) in [5.41, 5.74) is 11.6. The molecule has 0 radical (unpaired) electrons. The van der Waals surface area contributed by atoms with E-state index in [4.69, 9.17) is 16.2 Å². The lowest BCUT2D eigenvalue weighted by atomic mass is 9.96. The zero-order chi connectivity index (χ0) is 32.9. The molecule has 2 aromatic rings. The predicted octanol–water partition coefficient (Wildman–Crippen LogP) is 2.27. The van der Waals surface area contributed by atoms with Crippen molar-refractivity contribution in [2.75, 3.05) is 20.2 Å². The molecule has 45 heavy (non-hydrogen) atoms. The molecule has 1 aromatic carbocycles. The number of fused-ring (bicyclic) bond motifs is 1. The first-order valence-corrected chi connectivity index (χ1v) is 16.3. The van der Waals surface area contributed by atoms with Crippen LogP contribution in [0.5, 0.6) is 0 Å². The van der Waals surface area contributed by atoms with Gasteiger partial charge in [-0.1, -0.05) is 38.8 Å². The molecule has 1 fully saturated rings. The zero-order valence-electron chi connectivity index (χ0n) is 26.3. The molecule has 1 aliphatic heterocycles. The standard InChI is InChI=1S/C31H45N7O6S/c1-4-10-19(11-5-2)27(41)36-22(18-25(39)44-3)30(43)38-17-9-14-23(38)28(42)35-21(13-8-16-34-31(32)33)26(40)29-37-20-12-6-7-15-24(20)45-29/h6-7,12,15,19,21-23H,4-5,8-11,13-14,16-18H2,1-3H3,(H,35,42)(H,36,41)(H4,32,33,34). The van der Waals surface area contributed by atoms with Gasteiger partial charge in [-0.15, -0.1) is 11.3 Å². The van der Waals surface area contributed by atoms with Crippen LogP contribution < -0.4 is 22.1 Å². The largest absolute Gasteiger partial charge is 0.469 e. The van der Waals surface area contributed by atoms with Crippen LogP contribution in [0.2, 0.25) is 0 Å². The number of guanidine groups is 1. The number of hydrogen-bond donors (Lipinski definition) is 4. The Balaban J connectivity index is 1.80. The van der Waals surface area contributed by atoms with E-state index in [0.29, 0.717) is 37.6 Å². The van der Waals surface area contributed by atoms with Gasteiger partial charge in [0, 0.05) is 19.0 Å². The number of hydrogen-bond acceptors (Lipinski definition) is 9. The van der Waals surface area contributed by atoms with Crippen molar-refractivity contribution in [3.8, 4) is 0 Å². The highest BCUT2D eigenvalue weighted by Gasteiger charge is 2.40. The van der Waals surface area contributed by atoms with E-state index in [-0.39, 0.29) is 54.5 Å². The molecule has 0 aliphatic carbocycles. The third kappa shape index (κ3) is 9.96. The van der Waals surface area contributed by atoms with Crippen molar-refractivity contribution < 1.29 is 28.7 Å². The number of carbonyl (C=O) groups excluding carboxylic acids is 5. The molecule has 3 unspecified atom stereocenters. The van der Waals surface area contributed by atoms with Gasteiger partial charge >= 0.3 is 5.97 Å². The van der Waals surface area contributed by atoms with E-state index in [9.17, 15) is 24.0 Å². The normalized spacial score (nSPS) is 15.8. The number of para-hydroxylation sites is 1. The van der Waals surface area contributed by atoms with Crippen molar-refractivity contribution in [1.82, 2.24) is 20.5 Å². The lowest BCUT2D eigenvalue weighted by Crippen LogP contribution is -2.56. The van der Waals surface area contributed by atoms with Crippen LogP contribution in [0.1, 0.15) is 81.4 Å². The first-order chi connectivity index (χ1) is 21.6. The summed E-state index contributed by atoms with van der Waals surface area (Å²) < 4.78 is 5.65. The number of esters is 1. The smallest absolute Gasteiger partial charge is 0.308 e. The Morgan fingerprint density at radius 1 is 1.07 bits per heavy atom. The summed E-state index contributed by atoms with van der Waals surface area (Å²) in [6.45, 7) is 4.49. The van der Waals surface area contributed by atoms with Crippen LogP contribution in [0.4, 0.5) is 0 Å². The van der Waals surface area contributed by atoms with E-state index in [1.807, 2.05) is 38.1 Å². The second kappa shape index (κ2) is 17.4. The number of carbonyl (C=O) groups is 5. The van der Waals surface area contributed by atoms with E-state index in [1.165, 1.54) is 23.3 Å². The number of amides is 3. The molecule has 14 heteroatoms. The van der Waals surface area contributed by atoms with Crippen LogP contribution in [-0.4, -0.2) is 83.6 Å². The summed E-state index contributed by atoms with van der Waals surface area (Å²) >= 11 is 1.24. The zero-order valence-corrected chi connectivity index (χ0v) is 27.1. The lowest BCUT2D eigenvalue weighted by molar-refractivity contribution is -0.147. The SMILES string of the molecule is CCCC(CCC)C(=O)NC(CC(=O)OC)C(=O)N1CCCC1C(=O)NC(CCCN=C(N)N)C(=O)c1nc2ccccc2s1. The topological polar surface area (TPSA) is 199 Å². The summed E-state index contributed by atoms with van der Waals surface area (Å²) in [6, 6.07) is 4.37. The van der Waals surface area contributed by atoms with Crippen molar-refractivity contribution in [1.29, 1.82) is 0 Å². The van der Waals surface area contributed by atoms with Gasteiger partial charge in [-0.05, 0) is 50.7 Å². The van der Waals surface area contributed by atoms with Crippen molar-refractivity contribution >= 4 is 57.0 Å². The highest BCUT2D eigenvalue weighted by Crippen LogP contribution is 2.25. The highest BCUT2D eigenvalue weighted by atomic mass is 32.1. The average molecular weight is 644 g/mol. The molecular weight excluding hydrogens is 598 g/mol. The molecule has 6 N–H and O–H groups in total. The number of thiazole rings is 1. The van der Waals surface area contributed by atoms with Crippen molar-refractivity contribution in [2.24, 2.45) is 22.4 Å². The average Bonchev–Trinajstić information content (AvgIpc) is 3.69. The van der Waals surface area contributed by atoms with Gasteiger partial charge in [0.05, 0.1) is 29.8 Å². The number of ether oxygens (including phenoxy) is 1. The second-order valence-corrected chi connectivity index (χ2v) is 12.2. The fourth-order valence-electron chi connectivity index (χ4n) is 5.51. The summed E-state index contributed by atoms with van der Waals surface area (Å²) in [6.07, 6.45) is 4.10. The molecule has 3 atom stereocenters. The number of ketones is 1. The maximum Gasteiger partial charge on any atom is 0.308 e. The highest BCUT2D eigenvalue weighted by molar-refractivity contribution is 7.20. The number of aromatic nitrogens is 1. The summed E-state index contributed by atoms with van der Waals surface area (Å²) in [5.74, 6) is -2.71. The van der Waals surface area contributed by atoms with Gasteiger partial charge in [0.1, 0.15) is 12.1 Å². The summed E-state index contributed by atoms with van der Waals surface area (Å²) in [4.78, 5) is 76.4. The summed E-state index contributed by atoms with van der Waals surface area (Å²) in [5, 5.41) is 5.88. The molecular formula is C31H45N7O6S. The van der Waals surface area contributed by atoms with E-state index in [2.05, 4.69) is 20.6 Å². The fourth-order valence-corrected chi connectivity index (χ4v) is 6.47. The van der Waals surface area contributed by atoms with E-state index in [1.54, 1.807) is 0 Å². The Morgan fingerprint density at radius 3 is 2.42 bits per heavy atom. The minimum absolute atomic E-state index is 0.0718. The van der Waals surface area contributed by atoms with Crippen LogP contribution in [-0.2, 0) is 23.9 Å². The molecule has 2 heterocycles. The van der Waals surface area contributed by atoms with Gasteiger partial charge in [0.15, 0.2) is 11.0 Å². The molecule has 0 saturated carbocycles. The second-order valence-electron chi connectivity index (χ2n) is 11.2. The quantitative estimate of drug-likeness (QED) is 0.0656. The molecule has 1 aromatic heterocycles. The Bertz CT molecular complexity index is 1340. The number of nitrogens with two attached hydrogens (primary N) is 2. The minimum atomic E-state index is -1.19. The Kier molecular flexibility index (Phi) is 13.7. The van der Waals surface area contributed by atoms with Gasteiger partial charge in [0.2, 0.25) is 23.5 Å².